The molecule has 1 aliphatic heterocycles. The number of hydrogen-bond acceptors (Lipinski definition) is 3. The molecule has 4 nitrogen and oxygen atoms in total. The van der Waals surface area contributed by atoms with Gasteiger partial charge in [-0.1, -0.05) is 13.3 Å². The van der Waals surface area contributed by atoms with E-state index in [4.69, 9.17) is 0 Å². The summed E-state index contributed by atoms with van der Waals surface area (Å²) in [6.07, 6.45) is 2.84. The number of anilines is 1. The fourth-order valence-electron chi connectivity index (χ4n) is 2.61. The summed E-state index contributed by atoms with van der Waals surface area (Å²) in [6.45, 7) is 5.72. The van der Waals surface area contributed by atoms with Gasteiger partial charge in [0.15, 0.2) is 0 Å². The van der Waals surface area contributed by atoms with Gasteiger partial charge >= 0.3 is 0 Å². The third kappa shape index (κ3) is 3.15. The van der Waals surface area contributed by atoms with Crippen molar-refractivity contribution in [3.05, 3.63) is 22.3 Å². The van der Waals surface area contributed by atoms with Gasteiger partial charge in [-0.2, -0.15) is 0 Å². The molecule has 104 valence electrons. The van der Waals surface area contributed by atoms with Crippen molar-refractivity contribution in [1.29, 1.82) is 0 Å². The van der Waals surface area contributed by atoms with Crippen molar-refractivity contribution in [2.24, 2.45) is 5.41 Å². The lowest BCUT2D eigenvalue weighted by molar-refractivity contribution is -0.125. The van der Waals surface area contributed by atoms with Gasteiger partial charge in [0.2, 0.25) is 5.91 Å². The number of nitrogens with one attached hydrogen (secondary N) is 2. The molecule has 0 radical (unpaired) electrons. The summed E-state index contributed by atoms with van der Waals surface area (Å²) in [4.78, 5) is 16.9. The Hall–Kier alpha value is -0.940. The maximum Gasteiger partial charge on any atom is 0.233 e. The smallest absolute Gasteiger partial charge is 0.233 e. The van der Waals surface area contributed by atoms with Crippen LogP contribution in [0.3, 0.4) is 0 Å². The molecule has 1 saturated heterocycles. The Labute approximate surface area is 122 Å². The highest BCUT2D eigenvalue weighted by Crippen LogP contribution is 2.32. The van der Waals surface area contributed by atoms with E-state index in [1.165, 1.54) is 0 Å². The number of aromatic nitrogens is 1. The molecule has 5 heteroatoms. The predicted octanol–water partition coefficient (Wildman–Crippen LogP) is 2.87. The van der Waals surface area contributed by atoms with E-state index in [0.29, 0.717) is 5.82 Å². The summed E-state index contributed by atoms with van der Waals surface area (Å²) >= 11 is 3.41. The lowest BCUT2D eigenvalue weighted by Crippen LogP contribution is -2.38. The van der Waals surface area contributed by atoms with Gasteiger partial charge in [-0.05, 0) is 54.4 Å². The first-order chi connectivity index (χ1) is 9.07. The second-order valence-electron chi connectivity index (χ2n) is 5.17. The maximum absolute atomic E-state index is 12.5. The molecule has 0 aliphatic carbocycles. The van der Waals surface area contributed by atoms with E-state index in [9.17, 15) is 4.79 Å². The summed E-state index contributed by atoms with van der Waals surface area (Å²) in [7, 11) is 0. The van der Waals surface area contributed by atoms with Crippen LogP contribution in [0, 0.1) is 12.3 Å². The van der Waals surface area contributed by atoms with Gasteiger partial charge in [0.25, 0.3) is 0 Å². The average molecular weight is 326 g/mol. The molecule has 0 spiro atoms. The minimum atomic E-state index is -0.266. The fourth-order valence-corrected chi connectivity index (χ4v) is 2.83. The number of amides is 1. The van der Waals surface area contributed by atoms with Gasteiger partial charge in [0, 0.05) is 11.0 Å². The van der Waals surface area contributed by atoms with Crippen LogP contribution in [0.25, 0.3) is 0 Å². The Morgan fingerprint density at radius 1 is 1.58 bits per heavy atom. The summed E-state index contributed by atoms with van der Waals surface area (Å²) in [6, 6.07) is 3.74. The number of rotatable bonds is 4. The normalized spacial score (nSPS) is 22.5. The average Bonchev–Trinajstić information content (AvgIpc) is 2.84. The number of halogens is 1. The second kappa shape index (κ2) is 6.01. The predicted molar refractivity (Wildman–Crippen MR) is 80.1 cm³/mol. The summed E-state index contributed by atoms with van der Waals surface area (Å²) in [5, 5.41) is 6.26. The molecule has 1 unspecified atom stereocenters. The number of carbonyl (C=O) groups is 1. The Bertz CT molecular complexity index is 470. The third-order valence-electron chi connectivity index (χ3n) is 3.72. The number of nitrogens with zero attached hydrogens (tertiary/aromatic N) is 1. The molecule has 2 N–H and O–H groups in total. The van der Waals surface area contributed by atoms with E-state index in [-0.39, 0.29) is 11.3 Å². The zero-order valence-corrected chi connectivity index (χ0v) is 13.0. The van der Waals surface area contributed by atoms with Gasteiger partial charge in [-0.15, -0.1) is 0 Å². The first-order valence-electron chi connectivity index (χ1n) is 6.73. The van der Waals surface area contributed by atoms with Crippen LogP contribution in [0.15, 0.2) is 16.6 Å². The highest BCUT2D eigenvalue weighted by Gasteiger charge is 2.40. The zero-order valence-electron chi connectivity index (χ0n) is 11.4. The molecule has 1 atom stereocenters. The largest absolute Gasteiger partial charge is 0.316 e. The van der Waals surface area contributed by atoms with E-state index in [1.807, 2.05) is 19.1 Å². The zero-order chi connectivity index (χ0) is 13.9. The standard InChI is InChI=1S/C14H20BrN3O/c1-3-6-14(7-8-16-9-14)13(19)18-12-5-4-11(15)10(2)17-12/h4-5,16H,3,6-9H2,1-2H3,(H,17,18,19). The van der Waals surface area contributed by atoms with Crippen LogP contribution in [0.5, 0.6) is 0 Å². The lowest BCUT2D eigenvalue weighted by Gasteiger charge is -2.26. The topological polar surface area (TPSA) is 54.0 Å². The molecule has 1 aliphatic rings. The molecule has 1 aromatic heterocycles. The van der Waals surface area contributed by atoms with Crippen LogP contribution in [0.4, 0.5) is 5.82 Å². The summed E-state index contributed by atoms with van der Waals surface area (Å²) in [5.41, 5.74) is 0.615. The first kappa shape index (κ1) is 14.5. The minimum absolute atomic E-state index is 0.0913. The summed E-state index contributed by atoms with van der Waals surface area (Å²) < 4.78 is 0.955. The molecule has 0 saturated carbocycles. The molecular formula is C14H20BrN3O. The molecule has 19 heavy (non-hydrogen) atoms. The number of pyridine rings is 1. The highest BCUT2D eigenvalue weighted by atomic mass is 79.9. The monoisotopic (exact) mass is 325 g/mol. The van der Waals surface area contributed by atoms with Crippen molar-refractivity contribution >= 4 is 27.7 Å². The Morgan fingerprint density at radius 2 is 2.37 bits per heavy atom. The van der Waals surface area contributed by atoms with Crippen LogP contribution in [0.1, 0.15) is 31.9 Å². The second-order valence-corrected chi connectivity index (χ2v) is 6.03. The highest BCUT2D eigenvalue weighted by molar-refractivity contribution is 9.10. The Kier molecular flexibility index (Phi) is 4.58. The molecule has 0 aromatic carbocycles. The van der Waals surface area contributed by atoms with E-state index in [0.717, 1.165) is 42.5 Å². The fraction of sp³-hybridized carbons (Fsp3) is 0.571. The third-order valence-corrected chi connectivity index (χ3v) is 4.56. The van der Waals surface area contributed by atoms with Crippen molar-refractivity contribution in [2.45, 2.75) is 33.1 Å². The molecule has 2 heterocycles. The molecule has 1 aromatic rings. The molecule has 1 fully saturated rings. The molecule has 1 amide bonds. The van der Waals surface area contributed by atoms with Gasteiger partial charge < -0.3 is 10.6 Å². The van der Waals surface area contributed by atoms with Crippen LogP contribution in [-0.2, 0) is 4.79 Å². The maximum atomic E-state index is 12.5. The van der Waals surface area contributed by atoms with Gasteiger partial charge in [-0.25, -0.2) is 4.98 Å². The number of aryl methyl sites for hydroxylation is 1. The first-order valence-corrected chi connectivity index (χ1v) is 7.52. The number of hydrogen-bond donors (Lipinski definition) is 2. The van der Waals surface area contributed by atoms with E-state index < -0.39 is 0 Å². The van der Waals surface area contributed by atoms with Gasteiger partial charge in [0.1, 0.15) is 5.82 Å². The molecule has 2 rings (SSSR count). The van der Waals surface area contributed by atoms with Crippen molar-refractivity contribution < 1.29 is 4.79 Å². The van der Waals surface area contributed by atoms with Crippen molar-refractivity contribution in [3.63, 3.8) is 0 Å². The van der Waals surface area contributed by atoms with Crippen molar-refractivity contribution in [1.82, 2.24) is 10.3 Å². The van der Waals surface area contributed by atoms with Crippen LogP contribution in [0.2, 0.25) is 0 Å². The Morgan fingerprint density at radius 3 is 2.95 bits per heavy atom. The number of carbonyl (C=O) groups excluding carboxylic acids is 1. The molecule has 0 bridgehead atoms. The quantitative estimate of drug-likeness (QED) is 0.895. The van der Waals surface area contributed by atoms with Crippen LogP contribution >= 0.6 is 15.9 Å². The van der Waals surface area contributed by atoms with Gasteiger partial charge in [0.05, 0.1) is 11.1 Å². The molecular weight excluding hydrogens is 306 g/mol. The minimum Gasteiger partial charge on any atom is -0.316 e. The van der Waals surface area contributed by atoms with Crippen molar-refractivity contribution in [2.75, 3.05) is 18.4 Å². The van der Waals surface area contributed by atoms with Crippen LogP contribution in [-0.4, -0.2) is 24.0 Å². The van der Waals surface area contributed by atoms with Gasteiger partial charge in [-0.3, -0.25) is 4.79 Å². The summed E-state index contributed by atoms with van der Waals surface area (Å²) in [5.74, 6) is 0.724. The van der Waals surface area contributed by atoms with E-state index in [1.54, 1.807) is 0 Å². The lowest BCUT2D eigenvalue weighted by atomic mass is 9.81. The van der Waals surface area contributed by atoms with E-state index >= 15 is 0 Å². The van der Waals surface area contributed by atoms with Crippen molar-refractivity contribution in [3.8, 4) is 0 Å². The Balaban J connectivity index is 2.12. The SMILES string of the molecule is CCCC1(C(=O)Nc2ccc(Br)c(C)n2)CCNC1. The van der Waals surface area contributed by atoms with Crippen LogP contribution < -0.4 is 10.6 Å². The van der Waals surface area contributed by atoms with E-state index in [2.05, 4.69) is 38.5 Å².